The third-order valence-corrected chi connectivity index (χ3v) is 5.96. The van der Waals surface area contributed by atoms with Crippen LogP contribution in [0.2, 0.25) is 0 Å². The van der Waals surface area contributed by atoms with E-state index in [1.165, 1.54) is 0 Å². The van der Waals surface area contributed by atoms with Gasteiger partial charge in [0, 0.05) is 36.0 Å². The summed E-state index contributed by atoms with van der Waals surface area (Å²) < 4.78 is 1.91. The van der Waals surface area contributed by atoms with Crippen LogP contribution in [0.3, 0.4) is 0 Å². The van der Waals surface area contributed by atoms with E-state index in [4.69, 9.17) is 10.1 Å². The number of rotatable bonds is 4. The van der Waals surface area contributed by atoms with Crippen molar-refractivity contribution in [3.63, 3.8) is 0 Å². The van der Waals surface area contributed by atoms with Crippen molar-refractivity contribution in [2.45, 2.75) is 46.5 Å². The van der Waals surface area contributed by atoms with E-state index in [-0.39, 0.29) is 5.92 Å². The SMILES string of the molecule is Cc1nc2cc(-c3ccccc3)nn2c(N2CCCC(C)(C(=O)O)C2)c1C(C)C. The number of carbonyl (C=O) groups is 1. The summed E-state index contributed by atoms with van der Waals surface area (Å²) in [5, 5.41) is 14.7. The fourth-order valence-electron chi connectivity index (χ4n) is 4.44. The molecule has 29 heavy (non-hydrogen) atoms. The predicted molar refractivity (Wildman–Crippen MR) is 114 cm³/mol. The number of hydrogen-bond acceptors (Lipinski definition) is 4. The van der Waals surface area contributed by atoms with Gasteiger partial charge in [0.05, 0.1) is 11.1 Å². The Bertz CT molecular complexity index is 1060. The van der Waals surface area contributed by atoms with Gasteiger partial charge in [-0.1, -0.05) is 44.2 Å². The second kappa shape index (κ2) is 7.17. The van der Waals surface area contributed by atoms with Crippen molar-refractivity contribution in [2.75, 3.05) is 18.0 Å². The number of piperidine rings is 1. The van der Waals surface area contributed by atoms with E-state index in [1.54, 1.807) is 0 Å². The first-order valence-corrected chi connectivity index (χ1v) is 10.2. The van der Waals surface area contributed by atoms with Crippen LogP contribution in [0.25, 0.3) is 16.9 Å². The van der Waals surface area contributed by atoms with E-state index in [0.29, 0.717) is 13.0 Å². The lowest BCUT2D eigenvalue weighted by Gasteiger charge is -2.40. The molecular weight excluding hydrogens is 364 g/mol. The zero-order chi connectivity index (χ0) is 20.8. The quantitative estimate of drug-likeness (QED) is 0.707. The molecule has 6 nitrogen and oxygen atoms in total. The van der Waals surface area contributed by atoms with Crippen LogP contribution in [-0.4, -0.2) is 38.8 Å². The first-order valence-electron chi connectivity index (χ1n) is 10.2. The summed E-state index contributed by atoms with van der Waals surface area (Å²) in [7, 11) is 0. The van der Waals surface area contributed by atoms with Gasteiger partial charge in [-0.25, -0.2) is 4.98 Å². The number of anilines is 1. The van der Waals surface area contributed by atoms with Crippen molar-refractivity contribution in [3.8, 4) is 11.3 Å². The van der Waals surface area contributed by atoms with Crippen molar-refractivity contribution < 1.29 is 9.90 Å². The van der Waals surface area contributed by atoms with E-state index in [0.717, 1.165) is 46.9 Å². The molecule has 0 saturated carbocycles. The maximum Gasteiger partial charge on any atom is 0.311 e. The third kappa shape index (κ3) is 3.37. The van der Waals surface area contributed by atoms with Crippen molar-refractivity contribution in [3.05, 3.63) is 47.7 Å². The fraction of sp³-hybridized carbons (Fsp3) is 0.435. The number of carboxylic acids is 1. The number of fused-ring (bicyclic) bond motifs is 1. The topological polar surface area (TPSA) is 70.7 Å². The van der Waals surface area contributed by atoms with Crippen molar-refractivity contribution in [1.29, 1.82) is 0 Å². The van der Waals surface area contributed by atoms with Crippen LogP contribution in [0.15, 0.2) is 36.4 Å². The molecule has 1 fully saturated rings. The molecule has 1 aliphatic rings. The molecule has 1 unspecified atom stereocenters. The van der Waals surface area contributed by atoms with E-state index in [1.807, 2.05) is 54.8 Å². The Balaban J connectivity index is 1.91. The Hall–Kier alpha value is -2.89. The highest BCUT2D eigenvalue weighted by atomic mass is 16.4. The second-order valence-corrected chi connectivity index (χ2v) is 8.65. The van der Waals surface area contributed by atoms with Gasteiger partial charge in [0.15, 0.2) is 5.65 Å². The highest BCUT2D eigenvalue weighted by Crippen LogP contribution is 2.37. The second-order valence-electron chi connectivity index (χ2n) is 8.65. The molecule has 6 heteroatoms. The number of aryl methyl sites for hydroxylation is 1. The smallest absolute Gasteiger partial charge is 0.311 e. The van der Waals surface area contributed by atoms with Crippen molar-refractivity contribution >= 4 is 17.4 Å². The van der Waals surface area contributed by atoms with E-state index in [2.05, 4.69) is 18.7 Å². The summed E-state index contributed by atoms with van der Waals surface area (Å²) in [6, 6.07) is 12.1. The maximum absolute atomic E-state index is 11.9. The molecule has 2 aromatic heterocycles. The zero-order valence-corrected chi connectivity index (χ0v) is 17.5. The lowest BCUT2D eigenvalue weighted by atomic mass is 9.81. The van der Waals surface area contributed by atoms with Crippen LogP contribution in [0, 0.1) is 12.3 Å². The minimum absolute atomic E-state index is 0.254. The van der Waals surface area contributed by atoms with E-state index < -0.39 is 11.4 Å². The van der Waals surface area contributed by atoms with Crippen LogP contribution < -0.4 is 4.90 Å². The molecule has 0 bridgehead atoms. The van der Waals surface area contributed by atoms with Crippen LogP contribution in [0.1, 0.15) is 50.8 Å². The molecule has 0 spiro atoms. The van der Waals surface area contributed by atoms with Gasteiger partial charge in [-0.2, -0.15) is 9.61 Å². The highest BCUT2D eigenvalue weighted by molar-refractivity contribution is 5.76. The van der Waals surface area contributed by atoms with Crippen molar-refractivity contribution in [1.82, 2.24) is 14.6 Å². The first kappa shape index (κ1) is 19.4. The fourth-order valence-corrected chi connectivity index (χ4v) is 4.44. The van der Waals surface area contributed by atoms with Crippen LogP contribution >= 0.6 is 0 Å². The van der Waals surface area contributed by atoms with E-state index in [9.17, 15) is 9.90 Å². The molecule has 0 aliphatic carbocycles. The van der Waals surface area contributed by atoms with Crippen molar-refractivity contribution in [2.24, 2.45) is 5.41 Å². The molecular formula is C23H28N4O2. The molecule has 1 aliphatic heterocycles. The molecule has 152 valence electrons. The van der Waals surface area contributed by atoms with Gasteiger partial charge in [-0.15, -0.1) is 0 Å². The number of carboxylic acid groups (broad SMARTS) is 1. The lowest BCUT2D eigenvalue weighted by Crippen LogP contribution is -2.47. The van der Waals surface area contributed by atoms with Gasteiger partial charge in [0.25, 0.3) is 0 Å². The molecule has 0 amide bonds. The third-order valence-electron chi connectivity index (χ3n) is 5.96. The van der Waals surface area contributed by atoms with E-state index >= 15 is 0 Å². The van der Waals surface area contributed by atoms with Crippen LogP contribution in [-0.2, 0) is 4.79 Å². The number of aromatic nitrogens is 3. The number of aliphatic carboxylic acids is 1. The van der Waals surface area contributed by atoms with Gasteiger partial charge >= 0.3 is 5.97 Å². The number of benzene rings is 1. The summed E-state index contributed by atoms with van der Waals surface area (Å²) in [5.41, 5.74) is 4.06. The summed E-state index contributed by atoms with van der Waals surface area (Å²) >= 11 is 0. The Labute approximate surface area is 171 Å². The lowest BCUT2D eigenvalue weighted by molar-refractivity contribution is -0.148. The van der Waals surface area contributed by atoms with Crippen LogP contribution in [0.4, 0.5) is 5.82 Å². The Morgan fingerprint density at radius 3 is 2.62 bits per heavy atom. The molecule has 3 heterocycles. The highest BCUT2D eigenvalue weighted by Gasteiger charge is 2.39. The molecule has 1 N–H and O–H groups in total. The molecule has 1 atom stereocenters. The summed E-state index contributed by atoms with van der Waals surface area (Å²) in [6.45, 7) is 9.49. The van der Waals surface area contributed by atoms with Gasteiger partial charge < -0.3 is 10.0 Å². The largest absolute Gasteiger partial charge is 0.481 e. The summed E-state index contributed by atoms with van der Waals surface area (Å²) in [6.07, 6.45) is 1.54. The molecule has 3 aromatic rings. The number of nitrogens with zero attached hydrogens (tertiary/aromatic N) is 4. The average Bonchev–Trinajstić information content (AvgIpc) is 3.10. The average molecular weight is 393 g/mol. The standard InChI is InChI=1S/C23H28N4O2/c1-15(2)20-16(3)24-19-13-18(17-9-6-5-7-10-17)25-27(19)21(20)26-12-8-11-23(4,14-26)22(28)29/h5-7,9-10,13,15H,8,11-12,14H2,1-4H3,(H,28,29). The Morgan fingerprint density at radius 1 is 1.24 bits per heavy atom. The zero-order valence-electron chi connectivity index (χ0n) is 17.5. The minimum atomic E-state index is -0.759. The van der Waals surface area contributed by atoms with Crippen LogP contribution in [0.5, 0.6) is 0 Å². The first-order chi connectivity index (χ1) is 13.8. The van der Waals surface area contributed by atoms with Gasteiger partial charge in [0.1, 0.15) is 5.82 Å². The normalized spacial score (nSPS) is 19.8. The van der Waals surface area contributed by atoms with Gasteiger partial charge in [-0.3, -0.25) is 4.79 Å². The molecule has 4 rings (SSSR count). The molecule has 1 aromatic carbocycles. The Morgan fingerprint density at radius 2 is 1.97 bits per heavy atom. The van der Waals surface area contributed by atoms with Gasteiger partial charge in [0.2, 0.25) is 0 Å². The molecule has 0 radical (unpaired) electrons. The summed E-state index contributed by atoms with van der Waals surface area (Å²) in [4.78, 5) is 19.0. The minimum Gasteiger partial charge on any atom is -0.481 e. The summed E-state index contributed by atoms with van der Waals surface area (Å²) in [5.74, 6) is 0.502. The van der Waals surface area contributed by atoms with Gasteiger partial charge in [-0.05, 0) is 32.6 Å². The maximum atomic E-state index is 11.9. The molecule has 1 saturated heterocycles. The Kier molecular flexibility index (Phi) is 4.81. The predicted octanol–water partition coefficient (Wildman–Crippen LogP) is 4.52. The number of hydrogen-bond donors (Lipinski definition) is 1. The monoisotopic (exact) mass is 392 g/mol.